The lowest BCUT2D eigenvalue weighted by molar-refractivity contribution is -0.122. The number of carbonyl (C=O) groups is 1. The molecular weight excluding hydrogens is 1320 g/mol. The van der Waals surface area contributed by atoms with Gasteiger partial charge in [-0.05, 0) is 231 Å². The van der Waals surface area contributed by atoms with E-state index in [1.54, 1.807) is 24.3 Å². The monoisotopic (exact) mass is 1460 g/mol. The van der Waals surface area contributed by atoms with Gasteiger partial charge in [0, 0.05) is 74.9 Å². The first-order valence-corrected chi connectivity index (χ1v) is 40.4. The van der Waals surface area contributed by atoms with E-state index in [0.717, 1.165) is 178 Å². The summed E-state index contributed by atoms with van der Waals surface area (Å²) >= 11 is 6.02. The van der Waals surface area contributed by atoms with Crippen LogP contribution in [0, 0.1) is 11.6 Å². The van der Waals surface area contributed by atoms with Crippen molar-refractivity contribution in [2.24, 2.45) is 0 Å². The second kappa shape index (κ2) is 40.9. The van der Waals surface area contributed by atoms with Crippen molar-refractivity contribution in [3.8, 4) is 0 Å². The Labute approximate surface area is 641 Å². The number of hydrogen-bond donors (Lipinski definition) is 3. The second-order valence-electron chi connectivity index (χ2n) is 35.3. The van der Waals surface area contributed by atoms with E-state index in [1.165, 1.54) is 39.0 Å². The number of hydrogen-bond acceptors (Lipinski definition) is 8. The highest BCUT2D eigenvalue weighted by molar-refractivity contribution is 6.30. The van der Waals surface area contributed by atoms with Crippen molar-refractivity contribution in [1.82, 2.24) is 19.6 Å². The van der Waals surface area contributed by atoms with Gasteiger partial charge < -0.3 is 15.3 Å². The summed E-state index contributed by atoms with van der Waals surface area (Å²) in [5, 5.41) is 33.6. The van der Waals surface area contributed by atoms with Crippen LogP contribution in [0.5, 0.6) is 0 Å². The van der Waals surface area contributed by atoms with Gasteiger partial charge in [0.2, 0.25) is 0 Å². The fourth-order valence-corrected chi connectivity index (χ4v) is 16.5. The number of halogens is 3. The van der Waals surface area contributed by atoms with E-state index in [4.69, 9.17) is 11.6 Å². The van der Waals surface area contributed by atoms with E-state index < -0.39 is 16.8 Å². The van der Waals surface area contributed by atoms with Crippen LogP contribution in [-0.4, -0.2) is 128 Å². The molecule has 4 unspecified atom stereocenters. The predicted octanol–water partition coefficient (Wildman–Crippen LogP) is 22.4. The number of unbranched alkanes of at least 4 members (excludes halogenated alkanes) is 2. The predicted molar refractivity (Wildman–Crippen MR) is 442 cm³/mol. The number of nitrogens with zero attached hydrogens (tertiary/aromatic N) is 4. The molecular formula is C94H139ClF2N4O4. The molecule has 0 aliphatic carbocycles. The number of ketones is 1. The van der Waals surface area contributed by atoms with Gasteiger partial charge in [0.05, 0.1) is 23.3 Å². The fourth-order valence-electron chi connectivity index (χ4n) is 16.3. The maximum atomic E-state index is 13.4. The standard InChI is InChI=1S/C26H34FNO.C24H38FNO.C24H39NO.C20H28ClNO/c1-20(2)18-24(19-25(3,4)21-10-12-23(27)13-11-21)28-16-14-26(29,15-17-28)22-8-6-5-7-9-22;1-6-7-12-24(27)13-15-26(16-14-24)22(17-19(2)3)18-23(4,5)20-8-10-21(25)11-9-20;1-6-7-13-24(26)14-16-25(17-15-24)22(18-20(2)3)19-23(4,5)21-11-9-8-10-12-21;1-15(2)12-18(22-11-5-6-19(23)14-22)13-20(3,4)16-7-9-17(21)10-8-16/h5-13,18,24,29H,14-17,19H2,1-4H3;8-11,17,22,27H,6-7,12-16,18H2,1-5H3;8-12,18,22,26H,6-7,13-17,19H2,1-5H3;7-10,12,18H,5-6,11,13-14H2,1-4H3. The molecule has 9 rings (SSSR count). The third kappa shape index (κ3) is 28.8. The van der Waals surface area contributed by atoms with Crippen molar-refractivity contribution >= 4 is 17.4 Å². The number of aliphatic hydroxyl groups is 3. The molecule has 105 heavy (non-hydrogen) atoms. The molecule has 0 amide bonds. The molecule has 4 aliphatic rings. The van der Waals surface area contributed by atoms with Crippen molar-refractivity contribution in [3.05, 3.63) is 225 Å². The summed E-state index contributed by atoms with van der Waals surface area (Å²) in [5.74, 6) is -0.00729. The fraction of sp³-hybridized carbons (Fsp3) is 0.585. The lowest BCUT2D eigenvalue weighted by Gasteiger charge is -2.43. The van der Waals surface area contributed by atoms with Gasteiger partial charge in [0.1, 0.15) is 17.4 Å². The lowest BCUT2D eigenvalue weighted by atomic mass is 9.77. The van der Waals surface area contributed by atoms with Gasteiger partial charge in [-0.25, -0.2) is 8.78 Å². The summed E-state index contributed by atoms with van der Waals surface area (Å²) in [6.07, 6.45) is 26.6. The Morgan fingerprint density at radius 1 is 0.429 bits per heavy atom. The quantitative estimate of drug-likeness (QED) is 0.0448. The number of benzene rings is 5. The van der Waals surface area contributed by atoms with Gasteiger partial charge in [-0.2, -0.15) is 0 Å². The van der Waals surface area contributed by atoms with Gasteiger partial charge in [0.25, 0.3) is 0 Å². The molecule has 5 aromatic rings. The SMILES string of the molecule is CC(C)=CC(CC(C)(C)c1ccc(Cl)cc1)N1CCCC(=O)C1.CC(C)=CC(CC(C)(C)c1ccc(F)cc1)N1CCC(O)(c2ccccc2)CC1.CCCCC1(O)CCN(C(C=C(C)C)CC(C)(C)c2ccc(F)cc2)CC1.CCCCC1(O)CCN(C(C=C(C)C)CC(C)(C)c2ccccc2)CC1. The largest absolute Gasteiger partial charge is 0.390 e. The Morgan fingerprint density at radius 2 is 0.724 bits per heavy atom. The zero-order valence-corrected chi connectivity index (χ0v) is 69.1. The van der Waals surface area contributed by atoms with Crippen molar-refractivity contribution in [1.29, 1.82) is 0 Å². The Balaban J connectivity index is 0.000000220. The Hall–Kier alpha value is -5.40. The summed E-state index contributed by atoms with van der Waals surface area (Å²) in [6, 6.07) is 44.3. The summed E-state index contributed by atoms with van der Waals surface area (Å²) in [6.45, 7) is 47.0. The average Bonchev–Trinajstić information content (AvgIpc) is 0.810. The normalized spacial score (nSPS) is 18.6. The van der Waals surface area contributed by atoms with E-state index in [1.807, 2.05) is 66.7 Å². The lowest BCUT2D eigenvalue weighted by Crippen LogP contribution is -2.49. The molecule has 5 aromatic carbocycles. The van der Waals surface area contributed by atoms with Crippen molar-refractivity contribution in [2.45, 2.75) is 303 Å². The summed E-state index contributed by atoms with van der Waals surface area (Å²) in [7, 11) is 0. The number of allylic oxidation sites excluding steroid dienone is 4. The van der Waals surface area contributed by atoms with Crippen LogP contribution in [-0.2, 0) is 32.1 Å². The molecule has 4 saturated heterocycles. The minimum absolute atomic E-state index is 0.0295. The van der Waals surface area contributed by atoms with Crippen LogP contribution in [0.4, 0.5) is 8.78 Å². The number of likely N-dealkylation sites (tertiary alicyclic amines) is 4. The highest BCUT2D eigenvalue weighted by Gasteiger charge is 2.40. The zero-order valence-electron chi connectivity index (χ0n) is 68.4. The molecule has 580 valence electrons. The minimum Gasteiger partial charge on any atom is -0.390 e. The first kappa shape index (κ1) is 88.5. The van der Waals surface area contributed by atoms with E-state index in [-0.39, 0.29) is 33.3 Å². The highest BCUT2D eigenvalue weighted by atomic mass is 35.5. The molecule has 0 spiro atoms. The van der Waals surface area contributed by atoms with Gasteiger partial charge in [0.15, 0.2) is 0 Å². The second-order valence-corrected chi connectivity index (χ2v) is 35.7. The molecule has 0 aromatic heterocycles. The summed E-state index contributed by atoms with van der Waals surface area (Å²) in [5.41, 5.74) is 9.75. The van der Waals surface area contributed by atoms with Crippen LogP contribution in [0.25, 0.3) is 0 Å². The van der Waals surface area contributed by atoms with Gasteiger partial charge >= 0.3 is 0 Å². The molecule has 0 saturated carbocycles. The number of Topliss-reactive ketones (excluding diaryl/α,β-unsaturated/α-hetero) is 1. The summed E-state index contributed by atoms with van der Waals surface area (Å²) in [4.78, 5) is 21.8. The van der Waals surface area contributed by atoms with Crippen LogP contribution < -0.4 is 0 Å². The maximum absolute atomic E-state index is 13.4. The van der Waals surface area contributed by atoms with Crippen LogP contribution >= 0.6 is 11.6 Å². The van der Waals surface area contributed by atoms with E-state index in [9.17, 15) is 28.9 Å². The highest BCUT2D eigenvalue weighted by Crippen LogP contribution is 2.40. The van der Waals surface area contributed by atoms with E-state index >= 15 is 0 Å². The third-order valence-electron chi connectivity index (χ3n) is 23.0. The van der Waals surface area contributed by atoms with Gasteiger partial charge in [-0.1, -0.05) is 250 Å². The average molecular weight is 1460 g/mol. The minimum atomic E-state index is -0.736. The third-order valence-corrected chi connectivity index (χ3v) is 23.2. The Morgan fingerprint density at radius 3 is 1.04 bits per heavy atom. The first-order chi connectivity index (χ1) is 49.4. The van der Waals surface area contributed by atoms with Crippen LogP contribution in [0.3, 0.4) is 0 Å². The molecule has 4 fully saturated rings. The van der Waals surface area contributed by atoms with Gasteiger partial charge in [-0.3, -0.25) is 24.4 Å². The van der Waals surface area contributed by atoms with E-state index in [2.05, 4.69) is 211 Å². The Kier molecular flexibility index (Phi) is 34.4. The van der Waals surface area contributed by atoms with Crippen LogP contribution in [0.15, 0.2) is 180 Å². The smallest absolute Gasteiger partial charge is 0.146 e. The molecule has 3 N–H and O–H groups in total. The number of piperidine rings is 4. The maximum Gasteiger partial charge on any atom is 0.146 e. The molecule has 0 radical (unpaired) electrons. The van der Waals surface area contributed by atoms with E-state index in [0.29, 0.717) is 36.5 Å². The van der Waals surface area contributed by atoms with Gasteiger partial charge in [-0.15, -0.1) is 0 Å². The van der Waals surface area contributed by atoms with Crippen molar-refractivity contribution in [3.63, 3.8) is 0 Å². The van der Waals surface area contributed by atoms with Crippen molar-refractivity contribution in [2.75, 3.05) is 52.4 Å². The van der Waals surface area contributed by atoms with Crippen LogP contribution in [0.1, 0.15) is 268 Å². The molecule has 11 heteroatoms. The number of rotatable bonds is 27. The Bertz CT molecular complexity index is 3480. The number of carbonyl (C=O) groups excluding carboxylic acids is 1. The molecule has 4 heterocycles. The molecule has 4 aliphatic heterocycles. The van der Waals surface area contributed by atoms with Crippen LogP contribution in [0.2, 0.25) is 5.02 Å². The molecule has 0 bridgehead atoms. The zero-order chi connectivity index (χ0) is 77.4. The topological polar surface area (TPSA) is 90.7 Å². The first-order valence-electron chi connectivity index (χ1n) is 40.0. The molecule has 8 nitrogen and oxygen atoms in total. The van der Waals surface area contributed by atoms with Crippen molar-refractivity contribution < 1.29 is 28.9 Å². The summed E-state index contributed by atoms with van der Waals surface area (Å²) < 4.78 is 26.7. The molecule has 4 atom stereocenters.